The van der Waals surface area contributed by atoms with Crippen LogP contribution in [0.25, 0.3) is 0 Å². The van der Waals surface area contributed by atoms with Gasteiger partial charge in [0.15, 0.2) is 17.3 Å². The second-order valence-corrected chi connectivity index (χ2v) is 5.99. The molecule has 1 aromatic heterocycles. The Kier molecular flexibility index (Phi) is 7.02. The highest BCUT2D eigenvalue weighted by Crippen LogP contribution is 2.28. The maximum Gasteiger partial charge on any atom is 0.276 e. The van der Waals surface area contributed by atoms with E-state index in [1.807, 2.05) is 44.2 Å². The van der Waals surface area contributed by atoms with Crippen LogP contribution < -0.4 is 21.5 Å². The molecule has 29 heavy (non-hydrogen) atoms. The molecule has 0 aliphatic carbocycles. The van der Waals surface area contributed by atoms with E-state index in [1.165, 1.54) is 19.0 Å². The first kappa shape index (κ1) is 21.5. The maximum atomic E-state index is 12.0. The van der Waals surface area contributed by atoms with Crippen molar-refractivity contribution in [1.29, 1.82) is 0 Å². The number of aromatic hydroxyl groups is 1. The predicted octanol–water partition coefficient (Wildman–Crippen LogP) is 1.86. The first-order valence-corrected chi connectivity index (χ1v) is 9.04. The van der Waals surface area contributed by atoms with Crippen molar-refractivity contribution < 1.29 is 9.90 Å². The summed E-state index contributed by atoms with van der Waals surface area (Å²) in [5, 5.41) is 15.8. The minimum atomic E-state index is -0.732. The van der Waals surface area contributed by atoms with Gasteiger partial charge >= 0.3 is 0 Å². The van der Waals surface area contributed by atoms with Crippen molar-refractivity contribution >= 4 is 23.1 Å². The molecule has 152 valence electrons. The summed E-state index contributed by atoms with van der Waals surface area (Å²) in [5.74, 6) is -1.16. The van der Waals surface area contributed by atoms with Crippen LogP contribution in [0, 0.1) is 0 Å². The van der Waals surface area contributed by atoms with Crippen molar-refractivity contribution in [2.45, 2.75) is 20.4 Å². The van der Waals surface area contributed by atoms with Crippen LogP contribution >= 0.6 is 0 Å². The number of carbonyl (C=O) groups is 1. The van der Waals surface area contributed by atoms with Crippen molar-refractivity contribution in [3.05, 3.63) is 68.4 Å². The van der Waals surface area contributed by atoms with Crippen LogP contribution in [0.3, 0.4) is 0 Å². The lowest BCUT2D eigenvalue weighted by Gasteiger charge is -2.16. The highest BCUT2D eigenvalue weighted by atomic mass is 16.3. The van der Waals surface area contributed by atoms with Crippen molar-refractivity contribution in [2.24, 2.45) is 0 Å². The Labute approximate surface area is 167 Å². The van der Waals surface area contributed by atoms with Gasteiger partial charge in [0, 0.05) is 20.6 Å². The molecule has 3 N–H and O–H groups in total. The molecular formula is C20H23N5O4. The highest BCUT2D eigenvalue weighted by molar-refractivity contribution is 5.96. The molecule has 9 heteroatoms. The number of hydrogen-bond donors (Lipinski definition) is 3. The average molecular weight is 397 g/mol. The molecule has 0 unspecified atom stereocenters. The van der Waals surface area contributed by atoms with Crippen LogP contribution in [0.5, 0.6) is 5.75 Å². The van der Waals surface area contributed by atoms with E-state index in [9.17, 15) is 19.5 Å². The quantitative estimate of drug-likeness (QED) is 0.539. The van der Waals surface area contributed by atoms with Crippen LogP contribution in [0.2, 0.25) is 0 Å². The third kappa shape index (κ3) is 4.57. The van der Waals surface area contributed by atoms with E-state index in [2.05, 4.69) is 20.6 Å². The van der Waals surface area contributed by atoms with Crippen LogP contribution in [0.15, 0.2) is 46.2 Å². The molecule has 9 nitrogen and oxygen atoms in total. The largest absolute Gasteiger partial charge is 0.503 e. The number of carbonyl (C=O) groups excluding carboxylic acids is 1. The van der Waals surface area contributed by atoms with Gasteiger partial charge in [-0.05, 0) is 5.56 Å². The first-order chi connectivity index (χ1) is 13.9. The summed E-state index contributed by atoms with van der Waals surface area (Å²) in [4.78, 5) is 44.7. The molecular weight excluding hydrogens is 374 g/mol. The molecule has 2 aromatic carbocycles. The summed E-state index contributed by atoms with van der Waals surface area (Å²) >= 11 is 0. The van der Waals surface area contributed by atoms with Gasteiger partial charge in [-0.1, -0.05) is 44.2 Å². The van der Waals surface area contributed by atoms with Gasteiger partial charge in [0.05, 0.1) is 0 Å². The third-order valence-corrected chi connectivity index (χ3v) is 3.90. The van der Waals surface area contributed by atoms with E-state index < -0.39 is 22.5 Å². The number of aromatic nitrogens is 2. The van der Waals surface area contributed by atoms with Gasteiger partial charge in [-0.25, -0.2) is 9.97 Å². The van der Waals surface area contributed by atoms with Gasteiger partial charge in [0.1, 0.15) is 17.7 Å². The minimum absolute atomic E-state index is 0.0202. The van der Waals surface area contributed by atoms with Crippen molar-refractivity contribution in [3.63, 3.8) is 0 Å². The molecule has 3 rings (SSSR count). The molecule has 0 atom stereocenters. The molecule has 0 spiro atoms. The van der Waals surface area contributed by atoms with Gasteiger partial charge in [-0.15, -0.1) is 0 Å². The van der Waals surface area contributed by atoms with Crippen molar-refractivity contribution in [2.75, 3.05) is 24.7 Å². The van der Waals surface area contributed by atoms with Gasteiger partial charge in [0.2, 0.25) is 0 Å². The lowest BCUT2D eigenvalue weighted by molar-refractivity contribution is 0.0818. The van der Waals surface area contributed by atoms with E-state index in [0.717, 1.165) is 11.9 Å². The van der Waals surface area contributed by atoms with Crippen LogP contribution in [-0.2, 0) is 6.54 Å². The van der Waals surface area contributed by atoms with Gasteiger partial charge in [0.25, 0.3) is 16.8 Å². The van der Waals surface area contributed by atoms with E-state index >= 15 is 0 Å². The fourth-order valence-electron chi connectivity index (χ4n) is 2.42. The molecule has 0 aliphatic rings. The van der Waals surface area contributed by atoms with E-state index in [0.29, 0.717) is 6.54 Å². The van der Waals surface area contributed by atoms with E-state index in [1.54, 1.807) is 0 Å². The summed E-state index contributed by atoms with van der Waals surface area (Å²) in [6.07, 6.45) is 1.08. The molecule has 3 aromatic rings. The highest BCUT2D eigenvalue weighted by Gasteiger charge is 2.24. The topological polar surface area (TPSA) is 125 Å². The molecule has 0 aliphatic heterocycles. The molecule has 1 amide bonds. The normalized spacial score (nSPS) is 10.1. The van der Waals surface area contributed by atoms with Crippen LogP contribution in [-0.4, -0.2) is 40.0 Å². The molecule has 0 radical (unpaired) electrons. The second kappa shape index (κ2) is 9.45. The lowest BCUT2D eigenvalue weighted by atomic mass is 10.1. The van der Waals surface area contributed by atoms with E-state index in [-0.39, 0.29) is 22.9 Å². The fraction of sp³-hybridized carbons (Fsp3) is 0.250. The zero-order chi connectivity index (χ0) is 21.6. The maximum absolute atomic E-state index is 12.0. The Balaban J connectivity index is 0.00000145. The summed E-state index contributed by atoms with van der Waals surface area (Å²) in [7, 11) is 3.03. The summed E-state index contributed by atoms with van der Waals surface area (Å²) in [6.45, 7) is 4.35. The molecule has 0 bridgehead atoms. The minimum Gasteiger partial charge on any atom is -0.503 e. The smallest absolute Gasteiger partial charge is 0.276 e. The zero-order valence-electron chi connectivity index (χ0n) is 16.7. The Morgan fingerprint density at radius 2 is 1.66 bits per heavy atom. The SMILES string of the molecule is CC.CN(C)C(=O)c1ncnc(Nc2c(NCc3ccccc3)c(=O)c2=O)c1O. The third-order valence-electron chi connectivity index (χ3n) is 3.90. The molecule has 0 fully saturated rings. The standard InChI is InChI=1S/C18H17N5O4.C2H6/c1-23(2)18(27)13-16(26)17(21-9-20-13)22-12-11(14(24)15(12)25)19-8-10-6-4-3-5-7-10;1-2/h3-7,9,19,26H,8H2,1-2H3,(H,20,21,22);1-2H3. The summed E-state index contributed by atoms with van der Waals surface area (Å²) < 4.78 is 0. The Bertz CT molecular complexity index is 1060. The number of amides is 1. The number of nitrogens with one attached hydrogen (secondary N) is 2. The summed E-state index contributed by atoms with van der Waals surface area (Å²) in [6, 6.07) is 9.35. The number of nitrogens with zero attached hydrogens (tertiary/aromatic N) is 3. The average Bonchev–Trinajstić information content (AvgIpc) is 2.75. The second-order valence-electron chi connectivity index (χ2n) is 5.99. The molecule has 0 saturated carbocycles. The fourth-order valence-corrected chi connectivity index (χ4v) is 2.42. The monoisotopic (exact) mass is 397 g/mol. The Morgan fingerprint density at radius 3 is 2.28 bits per heavy atom. The van der Waals surface area contributed by atoms with E-state index in [4.69, 9.17) is 0 Å². The predicted molar refractivity (Wildman–Crippen MR) is 111 cm³/mol. The Hall–Kier alpha value is -3.75. The van der Waals surface area contributed by atoms with Gasteiger partial charge in [-0.2, -0.15) is 0 Å². The Morgan fingerprint density at radius 1 is 1.03 bits per heavy atom. The van der Waals surface area contributed by atoms with Crippen molar-refractivity contribution in [1.82, 2.24) is 14.9 Å². The lowest BCUT2D eigenvalue weighted by Crippen LogP contribution is -2.36. The van der Waals surface area contributed by atoms with Gasteiger partial charge < -0.3 is 20.6 Å². The van der Waals surface area contributed by atoms with Crippen molar-refractivity contribution in [3.8, 4) is 5.75 Å². The molecule has 0 saturated heterocycles. The van der Waals surface area contributed by atoms with Crippen LogP contribution in [0.1, 0.15) is 29.9 Å². The number of anilines is 3. The number of hydrogen-bond acceptors (Lipinski definition) is 8. The number of rotatable bonds is 6. The van der Waals surface area contributed by atoms with Gasteiger partial charge in [-0.3, -0.25) is 14.4 Å². The molecule has 1 heterocycles. The first-order valence-electron chi connectivity index (χ1n) is 9.04. The summed E-state index contributed by atoms with van der Waals surface area (Å²) in [5.41, 5.74) is -0.596. The van der Waals surface area contributed by atoms with Crippen LogP contribution in [0.4, 0.5) is 17.2 Å². The number of benzene rings is 1. The zero-order valence-corrected chi connectivity index (χ0v) is 16.7.